The van der Waals surface area contributed by atoms with Gasteiger partial charge in [-0.3, -0.25) is 24.9 Å². The minimum absolute atomic E-state index is 0.0886. The second-order valence-electron chi connectivity index (χ2n) is 9.50. The van der Waals surface area contributed by atoms with E-state index in [0.29, 0.717) is 35.8 Å². The van der Waals surface area contributed by atoms with Crippen LogP contribution < -0.4 is 22.3 Å². The van der Waals surface area contributed by atoms with Gasteiger partial charge in [0.1, 0.15) is 0 Å². The van der Waals surface area contributed by atoms with Crippen molar-refractivity contribution >= 4 is 29.1 Å². The molecule has 1 saturated carbocycles. The van der Waals surface area contributed by atoms with Gasteiger partial charge < -0.3 is 11.1 Å². The molecule has 2 amide bonds. The first-order valence-electron chi connectivity index (χ1n) is 12.4. The molecule has 0 spiro atoms. The number of nitrogens with zero attached hydrogens (tertiary/aromatic N) is 2. The number of nitrogens with two attached hydrogens (primary N) is 2. The summed E-state index contributed by atoms with van der Waals surface area (Å²) in [5.74, 6) is 1.43. The van der Waals surface area contributed by atoms with E-state index in [-0.39, 0.29) is 37.5 Å². The molecule has 8 nitrogen and oxygen atoms in total. The summed E-state index contributed by atoms with van der Waals surface area (Å²) < 4.78 is 27.5. The van der Waals surface area contributed by atoms with Crippen molar-refractivity contribution in [3.05, 3.63) is 46.6 Å². The number of benzene rings is 1. The lowest BCUT2D eigenvalue weighted by Crippen LogP contribution is -2.47. The molecule has 0 radical (unpaired) electrons. The predicted octanol–water partition coefficient (Wildman–Crippen LogP) is 2.90. The van der Waals surface area contributed by atoms with Crippen LogP contribution in [0.1, 0.15) is 56.9 Å². The van der Waals surface area contributed by atoms with Gasteiger partial charge in [-0.15, -0.1) is 0 Å². The van der Waals surface area contributed by atoms with Crippen LogP contribution in [0.5, 0.6) is 0 Å². The Balaban J connectivity index is 1.73. The van der Waals surface area contributed by atoms with Crippen LogP contribution in [0.4, 0.5) is 8.78 Å². The zero-order valence-corrected chi connectivity index (χ0v) is 21.1. The van der Waals surface area contributed by atoms with Gasteiger partial charge in [0.25, 0.3) is 11.8 Å². The van der Waals surface area contributed by atoms with Gasteiger partial charge in [0, 0.05) is 36.0 Å². The fourth-order valence-corrected chi connectivity index (χ4v) is 4.88. The summed E-state index contributed by atoms with van der Waals surface area (Å²) in [6, 6.07) is 6.70. The van der Waals surface area contributed by atoms with E-state index in [1.807, 2.05) is 23.6 Å². The maximum absolute atomic E-state index is 13.8. The number of alkyl halides is 2. The van der Waals surface area contributed by atoms with E-state index in [0.717, 1.165) is 25.7 Å². The Labute approximate surface area is 215 Å². The summed E-state index contributed by atoms with van der Waals surface area (Å²) in [5.41, 5.74) is 9.31. The molecule has 6 N–H and O–H groups in total. The zero-order valence-electron chi connectivity index (χ0n) is 20.3. The van der Waals surface area contributed by atoms with Gasteiger partial charge in [0.05, 0.1) is 24.0 Å². The number of allylic oxidation sites excluding steroid dienone is 1. The van der Waals surface area contributed by atoms with Crippen molar-refractivity contribution < 1.29 is 18.4 Å². The van der Waals surface area contributed by atoms with E-state index >= 15 is 0 Å². The Hall–Kier alpha value is -2.56. The number of carbonyl (C=O) groups is 2. The molecule has 36 heavy (non-hydrogen) atoms. The molecule has 1 aromatic rings. The Morgan fingerprint density at radius 2 is 1.97 bits per heavy atom. The third kappa shape index (κ3) is 8.53. The molecule has 198 valence electrons. The first-order chi connectivity index (χ1) is 17.2. The van der Waals surface area contributed by atoms with Crippen molar-refractivity contribution in [2.75, 3.05) is 19.6 Å². The SMILES string of the molecule is NNC(=O)C[C@H](CCN1CCCC(F)(F)C1)NC(=O)C(N)=CC(=NC1CCCC1)c1ccccc1Cl. The highest BCUT2D eigenvalue weighted by molar-refractivity contribution is 6.35. The molecule has 0 aromatic heterocycles. The Morgan fingerprint density at radius 1 is 1.25 bits per heavy atom. The van der Waals surface area contributed by atoms with Crippen LogP contribution in [-0.4, -0.2) is 60.1 Å². The van der Waals surface area contributed by atoms with Gasteiger partial charge in [-0.05, 0) is 44.4 Å². The second-order valence-corrected chi connectivity index (χ2v) is 9.91. The molecule has 2 aliphatic rings. The van der Waals surface area contributed by atoms with E-state index in [4.69, 9.17) is 28.2 Å². The molecule has 1 atom stereocenters. The van der Waals surface area contributed by atoms with E-state index in [1.54, 1.807) is 11.0 Å². The monoisotopic (exact) mass is 524 g/mol. The van der Waals surface area contributed by atoms with Crippen LogP contribution in [-0.2, 0) is 9.59 Å². The summed E-state index contributed by atoms with van der Waals surface area (Å²) in [5, 5.41) is 3.25. The lowest BCUT2D eigenvalue weighted by atomic mass is 10.0. The molecular formula is C25H35ClF2N6O2. The number of aliphatic imine (C=N–C) groups is 1. The summed E-state index contributed by atoms with van der Waals surface area (Å²) in [7, 11) is 0. The average Bonchev–Trinajstić information content (AvgIpc) is 3.35. The number of carbonyl (C=O) groups excluding carboxylic acids is 2. The van der Waals surface area contributed by atoms with Crippen molar-refractivity contribution in [1.29, 1.82) is 0 Å². The number of likely N-dealkylation sites (tertiary alicyclic amines) is 1. The fraction of sp³-hybridized carbons (Fsp3) is 0.560. The van der Waals surface area contributed by atoms with E-state index in [1.165, 1.54) is 6.08 Å². The average molecular weight is 525 g/mol. The highest BCUT2D eigenvalue weighted by atomic mass is 35.5. The van der Waals surface area contributed by atoms with Gasteiger partial charge in [-0.1, -0.05) is 42.6 Å². The standard InChI is InChI=1S/C25H35ClF2N6O2/c26-20-9-4-3-8-19(20)22(31-17-6-1-2-7-17)15-21(29)24(36)32-18(14-23(35)33-30)10-13-34-12-5-11-25(27,28)16-34/h3-4,8-9,15,17-18H,1-2,5-7,10-14,16,29-30H2,(H,32,36)(H,33,35)/t18-/m0/s1. The quantitative estimate of drug-likeness (QED) is 0.123. The maximum atomic E-state index is 13.8. The van der Waals surface area contributed by atoms with Crippen molar-refractivity contribution in [1.82, 2.24) is 15.6 Å². The number of hydrogen-bond acceptors (Lipinski definition) is 6. The van der Waals surface area contributed by atoms with E-state index < -0.39 is 23.8 Å². The minimum Gasteiger partial charge on any atom is -0.394 e. The van der Waals surface area contributed by atoms with Gasteiger partial charge >= 0.3 is 0 Å². The third-order valence-corrected chi connectivity index (χ3v) is 6.87. The first-order valence-corrected chi connectivity index (χ1v) is 12.7. The van der Waals surface area contributed by atoms with E-state index in [2.05, 4.69) is 5.32 Å². The molecule has 1 aromatic carbocycles. The van der Waals surface area contributed by atoms with Crippen LogP contribution in [0.2, 0.25) is 5.02 Å². The number of halogens is 3. The molecule has 0 unspecified atom stereocenters. The highest BCUT2D eigenvalue weighted by Crippen LogP contribution is 2.27. The van der Waals surface area contributed by atoms with Crippen LogP contribution in [0.25, 0.3) is 0 Å². The molecule has 11 heteroatoms. The van der Waals surface area contributed by atoms with Gasteiger partial charge in [-0.25, -0.2) is 14.6 Å². The number of hydrazine groups is 1. The van der Waals surface area contributed by atoms with Crippen molar-refractivity contribution in [3.8, 4) is 0 Å². The molecule has 1 heterocycles. The molecule has 1 saturated heterocycles. The number of nitrogens with one attached hydrogen (secondary N) is 2. The Bertz CT molecular complexity index is 981. The lowest BCUT2D eigenvalue weighted by molar-refractivity contribution is -0.122. The fourth-order valence-electron chi connectivity index (χ4n) is 4.65. The van der Waals surface area contributed by atoms with Crippen LogP contribution in [0, 0.1) is 0 Å². The summed E-state index contributed by atoms with van der Waals surface area (Å²) in [4.78, 5) is 31.4. The predicted molar refractivity (Wildman–Crippen MR) is 137 cm³/mol. The lowest BCUT2D eigenvalue weighted by Gasteiger charge is -2.33. The summed E-state index contributed by atoms with van der Waals surface area (Å²) >= 11 is 6.39. The van der Waals surface area contributed by atoms with Crippen LogP contribution in [0.15, 0.2) is 41.0 Å². The van der Waals surface area contributed by atoms with Crippen molar-refractivity contribution in [3.63, 3.8) is 0 Å². The largest absolute Gasteiger partial charge is 0.394 e. The highest BCUT2D eigenvalue weighted by Gasteiger charge is 2.35. The van der Waals surface area contributed by atoms with Crippen molar-refractivity contribution in [2.24, 2.45) is 16.6 Å². The van der Waals surface area contributed by atoms with Crippen LogP contribution >= 0.6 is 11.6 Å². The first kappa shape index (κ1) is 28.0. The number of rotatable bonds is 10. The second kappa shape index (κ2) is 13.1. The number of hydrogen-bond donors (Lipinski definition) is 4. The number of piperidine rings is 1. The van der Waals surface area contributed by atoms with Gasteiger partial charge in [0.15, 0.2) is 0 Å². The number of amides is 2. The zero-order chi connectivity index (χ0) is 26.1. The molecule has 2 fully saturated rings. The summed E-state index contributed by atoms with van der Waals surface area (Å²) in [6.07, 6.45) is 6.06. The molecule has 1 aliphatic carbocycles. The van der Waals surface area contributed by atoms with E-state index in [9.17, 15) is 18.4 Å². The van der Waals surface area contributed by atoms with Crippen LogP contribution in [0.3, 0.4) is 0 Å². The van der Waals surface area contributed by atoms with Gasteiger partial charge in [-0.2, -0.15) is 0 Å². The van der Waals surface area contributed by atoms with Crippen molar-refractivity contribution in [2.45, 2.75) is 69.4 Å². The molecule has 1 aliphatic heterocycles. The minimum atomic E-state index is -2.73. The Kier molecular flexibility index (Phi) is 10.2. The maximum Gasteiger partial charge on any atom is 0.267 e. The Morgan fingerprint density at radius 3 is 2.64 bits per heavy atom. The summed E-state index contributed by atoms with van der Waals surface area (Å²) in [6.45, 7) is 0.508. The normalized spacial score (nSPS) is 20.2. The smallest absolute Gasteiger partial charge is 0.267 e. The van der Waals surface area contributed by atoms with Gasteiger partial charge in [0.2, 0.25) is 5.91 Å². The topological polar surface area (TPSA) is 126 Å². The third-order valence-electron chi connectivity index (χ3n) is 6.54. The molecule has 0 bridgehead atoms. The molecular weight excluding hydrogens is 490 g/mol. The molecule has 3 rings (SSSR count).